The minimum atomic E-state index is 0.795. The second-order valence-electron chi connectivity index (χ2n) is 4.61. The lowest BCUT2D eigenvalue weighted by Gasteiger charge is -2.11. The van der Waals surface area contributed by atoms with Crippen molar-refractivity contribution >= 4 is 5.96 Å². The van der Waals surface area contributed by atoms with Crippen LogP contribution in [0.4, 0.5) is 0 Å². The SMILES string of the molecule is CCOCCCCNC(=NC)NCCn1cc(C)cn1. The summed E-state index contributed by atoms with van der Waals surface area (Å²) in [5, 5.41) is 10.8. The molecule has 0 aliphatic rings. The van der Waals surface area contributed by atoms with Crippen molar-refractivity contribution < 1.29 is 4.74 Å². The van der Waals surface area contributed by atoms with Crippen molar-refractivity contribution in [1.29, 1.82) is 0 Å². The summed E-state index contributed by atoms with van der Waals surface area (Å²) < 4.78 is 7.23. The number of rotatable bonds is 9. The Bertz CT molecular complexity index is 389. The summed E-state index contributed by atoms with van der Waals surface area (Å²) in [5.74, 6) is 0.838. The van der Waals surface area contributed by atoms with Crippen LogP contribution in [0.3, 0.4) is 0 Å². The third-order valence-corrected chi connectivity index (χ3v) is 2.83. The largest absolute Gasteiger partial charge is 0.382 e. The van der Waals surface area contributed by atoms with Crippen molar-refractivity contribution in [3.05, 3.63) is 18.0 Å². The molecule has 2 N–H and O–H groups in total. The van der Waals surface area contributed by atoms with E-state index in [1.54, 1.807) is 7.05 Å². The van der Waals surface area contributed by atoms with Crippen LogP contribution in [-0.4, -0.2) is 49.1 Å². The Kier molecular flexibility index (Phi) is 8.46. The van der Waals surface area contributed by atoms with Crippen molar-refractivity contribution in [2.45, 2.75) is 33.2 Å². The predicted molar refractivity (Wildman–Crippen MR) is 82.1 cm³/mol. The van der Waals surface area contributed by atoms with E-state index in [1.807, 2.05) is 30.9 Å². The van der Waals surface area contributed by atoms with Crippen LogP contribution in [0.5, 0.6) is 0 Å². The molecule has 6 nitrogen and oxygen atoms in total. The third kappa shape index (κ3) is 7.13. The minimum Gasteiger partial charge on any atom is -0.382 e. The van der Waals surface area contributed by atoms with Crippen LogP contribution in [0.1, 0.15) is 25.3 Å². The molecule has 0 fully saturated rings. The molecule has 0 aliphatic carbocycles. The average molecular weight is 281 g/mol. The highest BCUT2D eigenvalue weighted by atomic mass is 16.5. The summed E-state index contributed by atoms with van der Waals surface area (Å²) in [7, 11) is 1.79. The van der Waals surface area contributed by atoms with Gasteiger partial charge in [0.1, 0.15) is 0 Å². The van der Waals surface area contributed by atoms with E-state index in [4.69, 9.17) is 4.74 Å². The summed E-state index contributed by atoms with van der Waals surface area (Å²) in [5.41, 5.74) is 1.18. The van der Waals surface area contributed by atoms with E-state index in [0.29, 0.717) is 0 Å². The highest BCUT2D eigenvalue weighted by Gasteiger charge is 1.98. The molecular formula is C14H27N5O. The van der Waals surface area contributed by atoms with Crippen molar-refractivity contribution in [3.8, 4) is 0 Å². The first kappa shape index (κ1) is 16.5. The molecule has 0 spiro atoms. The molecule has 1 rings (SSSR count). The number of hydrogen-bond acceptors (Lipinski definition) is 3. The second-order valence-corrected chi connectivity index (χ2v) is 4.61. The van der Waals surface area contributed by atoms with Crippen LogP contribution in [0.25, 0.3) is 0 Å². The predicted octanol–water partition coefficient (Wildman–Crippen LogP) is 1.17. The van der Waals surface area contributed by atoms with Crippen molar-refractivity contribution in [1.82, 2.24) is 20.4 Å². The van der Waals surface area contributed by atoms with Gasteiger partial charge in [-0.3, -0.25) is 9.67 Å². The molecule has 114 valence electrons. The molecule has 1 heterocycles. The molecule has 1 aromatic heterocycles. The van der Waals surface area contributed by atoms with Gasteiger partial charge in [-0.25, -0.2) is 0 Å². The average Bonchev–Trinajstić information content (AvgIpc) is 2.86. The zero-order valence-electron chi connectivity index (χ0n) is 12.9. The number of nitrogens with one attached hydrogen (secondary N) is 2. The summed E-state index contributed by atoms with van der Waals surface area (Å²) in [6.07, 6.45) is 6.06. The fraction of sp³-hybridized carbons (Fsp3) is 0.714. The van der Waals surface area contributed by atoms with Gasteiger partial charge < -0.3 is 15.4 Å². The fourth-order valence-corrected chi connectivity index (χ4v) is 1.78. The molecule has 0 bridgehead atoms. The summed E-state index contributed by atoms with van der Waals surface area (Å²) in [6, 6.07) is 0. The van der Waals surface area contributed by atoms with E-state index in [1.165, 1.54) is 5.56 Å². The lowest BCUT2D eigenvalue weighted by molar-refractivity contribution is 0.143. The lowest BCUT2D eigenvalue weighted by atomic mass is 10.3. The number of aromatic nitrogens is 2. The molecule has 0 saturated carbocycles. The third-order valence-electron chi connectivity index (χ3n) is 2.83. The molecule has 0 amide bonds. The fourth-order valence-electron chi connectivity index (χ4n) is 1.78. The highest BCUT2D eigenvalue weighted by Crippen LogP contribution is 1.93. The van der Waals surface area contributed by atoms with Crippen LogP contribution < -0.4 is 10.6 Å². The van der Waals surface area contributed by atoms with Gasteiger partial charge in [-0.05, 0) is 32.3 Å². The Hall–Kier alpha value is -1.56. The molecule has 0 aromatic carbocycles. The number of ether oxygens (including phenoxy) is 1. The van der Waals surface area contributed by atoms with Crippen LogP contribution in [0.15, 0.2) is 17.4 Å². The van der Waals surface area contributed by atoms with Gasteiger partial charge in [0, 0.05) is 39.5 Å². The number of nitrogens with zero attached hydrogens (tertiary/aromatic N) is 3. The van der Waals surface area contributed by atoms with Gasteiger partial charge in [-0.1, -0.05) is 0 Å². The summed E-state index contributed by atoms with van der Waals surface area (Å²) in [6.45, 7) is 8.24. The first-order valence-electron chi connectivity index (χ1n) is 7.27. The molecule has 0 atom stereocenters. The zero-order valence-corrected chi connectivity index (χ0v) is 12.9. The highest BCUT2D eigenvalue weighted by molar-refractivity contribution is 5.79. The van der Waals surface area contributed by atoms with Crippen molar-refractivity contribution in [3.63, 3.8) is 0 Å². The Labute approximate surface area is 121 Å². The Balaban J connectivity index is 2.07. The number of unbranched alkanes of at least 4 members (excludes halogenated alkanes) is 1. The maximum Gasteiger partial charge on any atom is 0.191 e. The van der Waals surface area contributed by atoms with Crippen LogP contribution in [-0.2, 0) is 11.3 Å². The van der Waals surface area contributed by atoms with Gasteiger partial charge in [0.15, 0.2) is 5.96 Å². The first-order valence-corrected chi connectivity index (χ1v) is 7.27. The molecule has 0 unspecified atom stereocenters. The molecule has 6 heteroatoms. The smallest absolute Gasteiger partial charge is 0.191 e. The van der Waals surface area contributed by atoms with Gasteiger partial charge in [0.2, 0.25) is 0 Å². The molecule has 0 aliphatic heterocycles. The van der Waals surface area contributed by atoms with Gasteiger partial charge >= 0.3 is 0 Å². The van der Waals surface area contributed by atoms with E-state index in [2.05, 4.69) is 20.7 Å². The van der Waals surface area contributed by atoms with E-state index in [-0.39, 0.29) is 0 Å². The zero-order chi connectivity index (χ0) is 14.6. The summed E-state index contributed by atoms with van der Waals surface area (Å²) >= 11 is 0. The number of guanidine groups is 1. The molecular weight excluding hydrogens is 254 g/mol. The molecule has 1 aromatic rings. The van der Waals surface area contributed by atoms with Gasteiger partial charge in [0.05, 0.1) is 12.7 Å². The number of aryl methyl sites for hydroxylation is 1. The monoisotopic (exact) mass is 281 g/mol. The van der Waals surface area contributed by atoms with Gasteiger partial charge in [-0.15, -0.1) is 0 Å². The topological polar surface area (TPSA) is 63.5 Å². The minimum absolute atomic E-state index is 0.795. The van der Waals surface area contributed by atoms with Crippen LogP contribution in [0, 0.1) is 6.92 Å². The normalized spacial score (nSPS) is 11.7. The van der Waals surface area contributed by atoms with E-state index in [9.17, 15) is 0 Å². The quantitative estimate of drug-likeness (QED) is 0.405. The Morgan fingerprint density at radius 1 is 1.35 bits per heavy atom. The van der Waals surface area contributed by atoms with E-state index in [0.717, 1.165) is 51.6 Å². The van der Waals surface area contributed by atoms with Gasteiger partial charge in [0.25, 0.3) is 0 Å². The first-order chi connectivity index (χ1) is 9.76. The second kappa shape index (κ2) is 10.3. The van der Waals surface area contributed by atoms with Crippen LogP contribution in [0.2, 0.25) is 0 Å². The molecule has 20 heavy (non-hydrogen) atoms. The van der Waals surface area contributed by atoms with Gasteiger partial charge in [-0.2, -0.15) is 5.10 Å². The number of hydrogen-bond donors (Lipinski definition) is 2. The maximum absolute atomic E-state index is 5.30. The van der Waals surface area contributed by atoms with Crippen molar-refractivity contribution in [2.75, 3.05) is 33.4 Å². The molecule has 0 radical (unpaired) electrons. The van der Waals surface area contributed by atoms with Crippen LogP contribution >= 0.6 is 0 Å². The lowest BCUT2D eigenvalue weighted by Crippen LogP contribution is -2.39. The molecule has 0 saturated heterocycles. The standard InChI is InChI=1S/C14H27N5O/c1-4-20-10-6-5-7-16-14(15-3)17-8-9-19-12-13(2)11-18-19/h11-12H,4-10H2,1-3H3,(H2,15,16,17). The summed E-state index contributed by atoms with van der Waals surface area (Å²) in [4.78, 5) is 4.19. The van der Waals surface area contributed by atoms with E-state index < -0.39 is 0 Å². The maximum atomic E-state index is 5.30. The van der Waals surface area contributed by atoms with E-state index >= 15 is 0 Å². The Morgan fingerprint density at radius 3 is 2.80 bits per heavy atom. The Morgan fingerprint density at radius 2 is 2.15 bits per heavy atom. The number of aliphatic imine (C=N–C) groups is 1. The van der Waals surface area contributed by atoms with Crippen molar-refractivity contribution in [2.24, 2.45) is 4.99 Å².